The zero-order valence-corrected chi connectivity index (χ0v) is 11.6. The van der Waals surface area contributed by atoms with Crippen molar-refractivity contribution >= 4 is 17.5 Å². The molecular formula is C14H15F3N2O2. The fourth-order valence-electron chi connectivity index (χ4n) is 2.23. The number of amides is 2. The van der Waals surface area contributed by atoms with Crippen molar-refractivity contribution in [1.29, 1.82) is 0 Å². The molecule has 21 heavy (non-hydrogen) atoms. The van der Waals surface area contributed by atoms with Crippen molar-refractivity contribution in [3.8, 4) is 0 Å². The second-order valence-electron chi connectivity index (χ2n) is 4.98. The van der Waals surface area contributed by atoms with Gasteiger partial charge in [-0.2, -0.15) is 0 Å². The number of nitrogens with zero attached hydrogens (tertiary/aromatic N) is 1. The summed E-state index contributed by atoms with van der Waals surface area (Å²) < 4.78 is 39.6. The van der Waals surface area contributed by atoms with Gasteiger partial charge in [-0.1, -0.05) is 6.92 Å². The summed E-state index contributed by atoms with van der Waals surface area (Å²) in [6.45, 7) is 3.57. The highest BCUT2D eigenvalue weighted by Gasteiger charge is 2.40. The monoisotopic (exact) mass is 300 g/mol. The molecule has 0 aromatic heterocycles. The number of anilines is 1. The molecule has 0 radical (unpaired) electrons. The molecule has 0 aliphatic carbocycles. The van der Waals surface area contributed by atoms with Gasteiger partial charge >= 0.3 is 0 Å². The molecule has 1 fully saturated rings. The normalized spacial score (nSPS) is 20.0. The van der Waals surface area contributed by atoms with E-state index in [1.165, 1.54) is 0 Å². The fourth-order valence-corrected chi connectivity index (χ4v) is 2.23. The molecule has 1 aliphatic heterocycles. The zero-order chi connectivity index (χ0) is 15.7. The lowest BCUT2D eigenvalue weighted by Crippen LogP contribution is -2.40. The minimum Gasteiger partial charge on any atom is -0.371 e. The van der Waals surface area contributed by atoms with E-state index >= 15 is 0 Å². The van der Waals surface area contributed by atoms with E-state index in [2.05, 4.69) is 5.32 Å². The highest BCUT2D eigenvalue weighted by Crippen LogP contribution is 2.25. The summed E-state index contributed by atoms with van der Waals surface area (Å²) in [6.07, 6.45) is 0.464. The van der Waals surface area contributed by atoms with Crippen molar-refractivity contribution in [1.82, 2.24) is 4.90 Å². The maximum atomic E-state index is 13.6. The first-order valence-corrected chi connectivity index (χ1v) is 6.62. The molecule has 1 N–H and O–H groups in total. The number of benzene rings is 1. The van der Waals surface area contributed by atoms with Gasteiger partial charge in [-0.15, -0.1) is 0 Å². The summed E-state index contributed by atoms with van der Waals surface area (Å²) in [5.74, 6) is -5.19. The average molecular weight is 300 g/mol. The third-order valence-corrected chi connectivity index (χ3v) is 3.58. The predicted molar refractivity (Wildman–Crippen MR) is 69.9 cm³/mol. The number of likely N-dealkylation sites (tertiary alicyclic amines) is 1. The van der Waals surface area contributed by atoms with Crippen LogP contribution in [0.5, 0.6) is 0 Å². The van der Waals surface area contributed by atoms with Crippen LogP contribution < -0.4 is 5.32 Å². The van der Waals surface area contributed by atoms with Crippen LogP contribution in [-0.2, 0) is 9.59 Å². The van der Waals surface area contributed by atoms with E-state index in [4.69, 9.17) is 0 Å². The van der Waals surface area contributed by atoms with Gasteiger partial charge in [0.15, 0.2) is 17.5 Å². The minimum atomic E-state index is -1.62. The molecule has 1 aliphatic rings. The number of imide groups is 1. The topological polar surface area (TPSA) is 49.4 Å². The van der Waals surface area contributed by atoms with Crippen LogP contribution in [0.25, 0.3) is 0 Å². The second-order valence-corrected chi connectivity index (χ2v) is 4.98. The fraction of sp³-hybridized carbons (Fsp3) is 0.429. The Morgan fingerprint density at radius 1 is 1.29 bits per heavy atom. The molecule has 0 bridgehead atoms. The van der Waals surface area contributed by atoms with E-state index in [1.807, 2.05) is 6.92 Å². The lowest BCUT2D eigenvalue weighted by Gasteiger charge is -2.22. The number of hydrogen-bond donors (Lipinski definition) is 1. The van der Waals surface area contributed by atoms with Crippen molar-refractivity contribution in [2.24, 2.45) is 0 Å². The Hall–Kier alpha value is -2.05. The molecule has 2 amide bonds. The lowest BCUT2D eigenvalue weighted by atomic mass is 10.2. The second kappa shape index (κ2) is 5.75. The Bertz CT molecular complexity index is 592. The third kappa shape index (κ3) is 2.72. The van der Waals surface area contributed by atoms with Crippen molar-refractivity contribution in [2.75, 3.05) is 5.32 Å². The van der Waals surface area contributed by atoms with E-state index in [9.17, 15) is 22.8 Å². The first-order chi connectivity index (χ1) is 9.86. The van der Waals surface area contributed by atoms with E-state index in [-0.39, 0.29) is 24.1 Å². The summed E-state index contributed by atoms with van der Waals surface area (Å²) in [6, 6.07) is 0.531. The van der Waals surface area contributed by atoms with Crippen molar-refractivity contribution in [3.05, 3.63) is 29.6 Å². The summed E-state index contributed by atoms with van der Waals surface area (Å²) in [5, 5.41) is 2.47. The zero-order valence-electron chi connectivity index (χ0n) is 11.6. The Morgan fingerprint density at radius 2 is 1.95 bits per heavy atom. The third-order valence-electron chi connectivity index (χ3n) is 3.58. The van der Waals surface area contributed by atoms with Crippen LogP contribution in [0.15, 0.2) is 12.1 Å². The minimum absolute atomic E-state index is 0.137. The van der Waals surface area contributed by atoms with Gasteiger partial charge in [0.1, 0.15) is 6.04 Å². The van der Waals surface area contributed by atoms with Crippen molar-refractivity contribution in [3.63, 3.8) is 0 Å². The molecule has 2 atom stereocenters. The molecule has 1 saturated heterocycles. The predicted octanol–water partition coefficient (Wildman–Crippen LogP) is 2.44. The Balaban J connectivity index is 2.20. The van der Waals surface area contributed by atoms with Crippen LogP contribution in [-0.4, -0.2) is 28.8 Å². The van der Waals surface area contributed by atoms with Crippen molar-refractivity contribution in [2.45, 2.75) is 38.8 Å². The summed E-state index contributed by atoms with van der Waals surface area (Å²) in [5.41, 5.74) is -0.342. The molecule has 2 unspecified atom stereocenters. The van der Waals surface area contributed by atoms with Crippen LogP contribution in [0, 0.1) is 17.5 Å². The Morgan fingerprint density at radius 3 is 2.57 bits per heavy atom. The Labute approximate surface area is 119 Å². The van der Waals surface area contributed by atoms with Crippen LogP contribution in [0.3, 0.4) is 0 Å². The van der Waals surface area contributed by atoms with Gasteiger partial charge in [-0.05, 0) is 25.5 Å². The van der Waals surface area contributed by atoms with Gasteiger partial charge in [0.25, 0.3) is 5.91 Å². The van der Waals surface area contributed by atoms with Gasteiger partial charge in [0, 0.05) is 6.04 Å². The first kappa shape index (κ1) is 15.3. The number of halogens is 3. The van der Waals surface area contributed by atoms with Gasteiger partial charge in [0.05, 0.1) is 12.1 Å². The summed E-state index contributed by atoms with van der Waals surface area (Å²) in [4.78, 5) is 25.1. The van der Waals surface area contributed by atoms with Gasteiger partial charge in [0.2, 0.25) is 5.91 Å². The van der Waals surface area contributed by atoms with E-state index in [0.717, 1.165) is 17.0 Å². The average Bonchev–Trinajstić information content (AvgIpc) is 2.73. The molecule has 7 heteroatoms. The van der Waals surface area contributed by atoms with Gasteiger partial charge in [-0.3, -0.25) is 14.5 Å². The molecule has 4 nitrogen and oxygen atoms in total. The van der Waals surface area contributed by atoms with E-state index in [1.54, 1.807) is 6.92 Å². The van der Waals surface area contributed by atoms with E-state index in [0.29, 0.717) is 6.42 Å². The molecule has 1 heterocycles. The van der Waals surface area contributed by atoms with Crippen LogP contribution in [0.1, 0.15) is 26.7 Å². The molecule has 1 aromatic rings. The standard InChI is InChI=1S/C14H15F3N2O2/c1-3-7(2)19-11(20)6-10(14(19)21)18-9-5-4-8(15)12(16)13(9)17/h4-5,7,10,18H,3,6H2,1-2H3. The smallest absolute Gasteiger partial charge is 0.252 e. The maximum Gasteiger partial charge on any atom is 0.252 e. The van der Waals surface area contributed by atoms with Gasteiger partial charge < -0.3 is 5.32 Å². The first-order valence-electron chi connectivity index (χ1n) is 6.62. The molecule has 2 rings (SSSR count). The number of hydrogen-bond acceptors (Lipinski definition) is 3. The molecule has 114 valence electrons. The lowest BCUT2D eigenvalue weighted by molar-refractivity contribution is -0.140. The highest BCUT2D eigenvalue weighted by atomic mass is 19.2. The van der Waals surface area contributed by atoms with Gasteiger partial charge in [-0.25, -0.2) is 13.2 Å². The maximum absolute atomic E-state index is 13.6. The molecule has 0 saturated carbocycles. The highest BCUT2D eigenvalue weighted by molar-refractivity contribution is 6.07. The number of rotatable bonds is 4. The number of carbonyl (C=O) groups excluding carboxylic acids is 2. The largest absolute Gasteiger partial charge is 0.371 e. The SMILES string of the molecule is CCC(C)N1C(=O)CC(Nc2ccc(F)c(F)c2F)C1=O. The van der Waals surface area contributed by atoms with Crippen molar-refractivity contribution < 1.29 is 22.8 Å². The summed E-state index contributed by atoms with van der Waals surface area (Å²) in [7, 11) is 0. The van der Waals surface area contributed by atoms with E-state index < -0.39 is 29.4 Å². The molecular weight excluding hydrogens is 285 g/mol. The van der Waals surface area contributed by atoms with Crippen LogP contribution in [0.4, 0.5) is 18.9 Å². The van der Waals surface area contributed by atoms with Crippen LogP contribution >= 0.6 is 0 Å². The number of carbonyl (C=O) groups is 2. The van der Waals surface area contributed by atoms with Crippen LogP contribution in [0.2, 0.25) is 0 Å². The summed E-state index contributed by atoms with van der Waals surface area (Å²) >= 11 is 0. The molecule has 1 aromatic carbocycles. The quantitative estimate of drug-likeness (QED) is 0.686. The molecule has 0 spiro atoms. The number of nitrogens with one attached hydrogen (secondary N) is 1. The Kier molecular flexibility index (Phi) is 4.20.